The molecular formula is C26H29N3O5. The Morgan fingerprint density at radius 1 is 0.824 bits per heavy atom. The second-order valence-corrected chi connectivity index (χ2v) is 8.31. The molecular weight excluding hydrogens is 434 g/mol. The van der Waals surface area contributed by atoms with Gasteiger partial charge in [-0.05, 0) is 35.2 Å². The number of carboxylic acids is 1. The smallest absolute Gasteiger partial charge is 0.328 e. The van der Waals surface area contributed by atoms with Crippen LogP contribution >= 0.6 is 0 Å². The van der Waals surface area contributed by atoms with Crippen LogP contribution in [-0.4, -0.2) is 52.2 Å². The maximum Gasteiger partial charge on any atom is 0.328 e. The van der Waals surface area contributed by atoms with Crippen LogP contribution in [0.25, 0.3) is 10.8 Å². The van der Waals surface area contributed by atoms with Gasteiger partial charge in [0.15, 0.2) is 6.04 Å². The van der Waals surface area contributed by atoms with Crippen molar-refractivity contribution in [2.45, 2.75) is 44.0 Å². The highest BCUT2D eigenvalue weighted by molar-refractivity contribution is 5.92. The number of hydrogen-bond acceptors (Lipinski definition) is 5. The number of amides is 2. The van der Waals surface area contributed by atoms with Gasteiger partial charge < -0.3 is 26.6 Å². The van der Waals surface area contributed by atoms with E-state index in [-0.39, 0.29) is 12.8 Å². The zero-order valence-corrected chi connectivity index (χ0v) is 18.8. The van der Waals surface area contributed by atoms with Crippen molar-refractivity contribution in [3.8, 4) is 0 Å². The number of aliphatic hydroxyl groups excluding tert-OH is 1. The number of rotatable bonds is 10. The number of carbonyl (C=O) groups excluding carboxylic acids is 2. The Morgan fingerprint density at radius 2 is 1.47 bits per heavy atom. The van der Waals surface area contributed by atoms with E-state index in [1.165, 1.54) is 6.92 Å². The quantitative estimate of drug-likeness (QED) is 0.308. The fourth-order valence-electron chi connectivity index (χ4n) is 3.69. The van der Waals surface area contributed by atoms with Crippen LogP contribution in [0.1, 0.15) is 18.1 Å². The lowest BCUT2D eigenvalue weighted by Crippen LogP contribution is -2.57. The summed E-state index contributed by atoms with van der Waals surface area (Å²) in [5.41, 5.74) is 7.74. The monoisotopic (exact) mass is 463 g/mol. The molecule has 0 aromatic heterocycles. The van der Waals surface area contributed by atoms with Crippen molar-refractivity contribution in [2.75, 3.05) is 0 Å². The van der Waals surface area contributed by atoms with Gasteiger partial charge in [-0.1, -0.05) is 72.8 Å². The van der Waals surface area contributed by atoms with Crippen molar-refractivity contribution >= 4 is 28.6 Å². The van der Waals surface area contributed by atoms with E-state index in [2.05, 4.69) is 10.6 Å². The largest absolute Gasteiger partial charge is 0.480 e. The lowest BCUT2D eigenvalue weighted by atomic mass is 10.00. The van der Waals surface area contributed by atoms with Crippen molar-refractivity contribution in [1.82, 2.24) is 10.6 Å². The number of carboxylic acid groups (broad SMARTS) is 1. The second-order valence-electron chi connectivity index (χ2n) is 8.31. The molecule has 0 bridgehead atoms. The first-order chi connectivity index (χ1) is 16.2. The third-order valence-electron chi connectivity index (χ3n) is 5.57. The maximum absolute atomic E-state index is 13.0. The highest BCUT2D eigenvalue weighted by atomic mass is 16.4. The van der Waals surface area contributed by atoms with Gasteiger partial charge in [0.05, 0.1) is 12.1 Å². The van der Waals surface area contributed by atoms with Crippen molar-refractivity contribution in [1.29, 1.82) is 0 Å². The molecule has 0 aliphatic heterocycles. The molecule has 0 aliphatic rings. The zero-order chi connectivity index (χ0) is 24.7. The second kappa shape index (κ2) is 11.4. The molecule has 0 saturated heterocycles. The Labute approximate surface area is 197 Å². The van der Waals surface area contributed by atoms with Crippen LogP contribution in [0.5, 0.6) is 0 Å². The summed E-state index contributed by atoms with van der Waals surface area (Å²) >= 11 is 0. The van der Waals surface area contributed by atoms with Gasteiger partial charge in [0.1, 0.15) is 6.04 Å². The van der Waals surface area contributed by atoms with E-state index in [9.17, 15) is 24.6 Å². The molecule has 3 aromatic rings. The Morgan fingerprint density at radius 3 is 2.12 bits per heavy atom. The Hall–Kier alpha value is -3.75. The van der Waals surface area contributed by atoms with Gasteiger partial charge in [-0.15, -0.1) is 0 Å². The number of nitrogens with two attached hydrogens (primary N) is 1. The van der Waals surface area contributed by atoms with Crippen molar-refractivity contribution in [2.24, 2.45) is 5.73 Å². The zero-order valence-electron chi connectivity index (χ0n) is 18.8. The van der Waals surface area contributed by atoms with Gasteiger partial charge in [-0.2, -0.15) is 0 Å². The Bertz CT molecular complexity index is 1150. The number of aliphatic carboxylic acids is 1. The third kappa shape index (κ3) is 6.63. The van der Waals surface area contributed by atoms with Crippen LogP contribution < -0.4 is 16.4 Å². The number of aliphatic hydroxyl groups is 1. The van der Waals surface area contributed by atoms with Crippen LogP contribution in [0.15, 0.2) is 72.8 Å². The molecule has 0 unspecified atom stereocenters. The molecule has 0 aliphatic carbocycles. The van der Waals surface area contributed by atoms with E-state index in [0.29, 0.717) is 0 Å². The van der Waals surface area contributed by atoms with Crippen LogP contribution in [0.3, 0.4) is 0 Å². The highest BCUT2D eigenvalue weighted by Gasteiger charge is 2.30. The molecule has 8 heteroatoms. The summed E-state index contributed by atoms with van der Waals surface area (Å²) in [5, 5.41) is 26.1. The molecule has 4 atom stereocenters. The molecule has 0 heterocycles. The molecule has 34 heavy (non-hydrogen) atoms. The Kier molecular flexibility index (Phi) is 8.34. The van der Waals surface area contributed by atoms with Gasteiger partial charge in [0.25, 0.3) is 0 Å². The van der Waals surface area contributed by atoms with E-state index < -0.39 is 42.0 Å². The SMILES string of the molecule is C[C@H](O)[C@@H](NC(=O)[C@@H](Cc1ccc2ccccc2c1)NC(=O)[C@H](N)Cc1ccccc1)C(=O)O. The van der Waals surface area contributed by atoms with Gasteiger partial charge >= 0.3 is 5.97 Å². The molecule has 0 saturated carbocycles. The lowest BCUT2D eigenvalue weighted by molar-refractivity contribution is -0.145. The standard InChI is InChI=1S/C26H29N3O5/c1-16(30)23(26(33)34)29-25(32)22(15-18-11-12-19-9-5-6-10-20(19)13-18)28-24(31)21(27)14-17-7-3-2-4-8-17/h2-13,16,21-23,30H,14-15,27H2,1H3,(H,28,31)(H,29,32)(H,33,34)/t16-,21+,22+,23+/m0/s1. The number of fused-ring (bicyclic) bond motifs is 1. The molecule has 3 rings (SSSR count). The van der Waals surface area contributed by atoms with Gasteiger partial charge in [-0.25, -0.2) is 4.79 Å². The predicted molar refractivity (Wildman–Crippen MR) is 129 cm³/mol. The summed E-state index contributed by atoms with van der Waals surface area (Å²) in [5.74, 6) is -2.63. The summed E-state index contributed by atoms with van der Waals surface area (Å²) in [6.07, 6.45) is -0.923. The molecule has 3 aromatic carbocycles. The maximum atomic E-state index is 13.0. The lowest BCUT2D eigenvalue weighted by Gasteiger charge is -2.24. The van der Waals surface area contributed by atoms with Crippen LogP contribution in [0.2, 0.25) is 0 Å². The molecule has 178 valence electrons. The Balaban J connectivity index is 1.80. The van der Waals surface area contributed by atoms with E-state index in [0.717, 1.165) is 21.9 Å². The number of benzene rings is 3. The minimum absolute atomic E-state index is 0.118. The molecule has 0 spiro atoms. The van der Waals surface area contributed by atoms with Gasteiger partial charge in [0, 0.05) is 6.42 Å². The minimum Gasteiger partial charge on any atom is -0.480 e. The number of nitrogens with one attached hydrogen (secondary N) is 2. The topological polar surface area (TPSA) is 142 Å². The van der Waals surface area contributed by atoms with Crippen LogP contribution in [0, 0.1) is 0 Å². The third-order valence-corrected chi connectivity index (χ3v) is 5.57. The molecule has 8 nitrogen and oxygen atoms in total. The molecule has 6 N–H and O–H groups in total. The average molecular weight is 464 g/mol. The number of carbonyl (C=O) groups is 3. The fourth-order valence-corrected chi connectivity index (χ4v) is 3.69. The normalized spacial score (nSPS) is 14.6. The summed E-state index contributed by atoms with van der Waals surface area (Å²) in [6, 6.07) is 19.2. The highest BCUT2D eigenvalue weighted by Crippen LogP contribution is 2.17. The van der Waals surface area contributed by atoms with Crippen molar-refractivity contribution < 1.29 is 24.6 Å². The van der Waals surface area contributed by atoms with Gasteiger partial charge in [-0.3, -0.25) is 9.59 Å². The summed E-state index contributed by atoms with van der Waals surface area (Å²) in [4.78, 5) is 37.3. The van der Waals surface area contributed by atoms with E-state index >= 15 is 0 Å². The van der Waals surface area contributed by atoms with Crippen molar-refractivity contribution in [3.63, 3.8) is 0 Å². The van der Waals surface area contributed by atoms with E-state index in [1.54, 1.807) is 0 Å². The van der Waals surface area contributed by atoms with E-state index in [4.69, 9.17) is 5.73 Å². The summed E-state index contributed by atoms with van der Waals surface area (Å²) in [6.45, 7) is 1.27. The molecule has 2 amide bonds. The predicted octanol–water partition coefficient (Wildman–Crippen LogP) is 1.39. The van der Waals surface area contributed by atoms with Crippen LogP contribution in [0.4, 0.5) is 0 Å². The van der Waals surface area contributed by atoms with Crippen molar-refractivity contribution in [3.05, 3.63) is 83.9 Å². The number of hydrogen-bond donors (Lipinski definition) is 5. The molecule has 0 fully saturated rings. The van der Waals surface area contributed by atoms with Crippen LogP contribution in [-0.2, 0) is 27.2 Å². The first-order valence-corrected chi connectivity index (χ1v) is 11.0. The first-order valence-electron chi connectivity index (χ1n) is 11.0. The minimum atomic E-state index is -1.51. The molecule has 0 radical (unpaired) electrons. The summed E-state index contributed by atoms with van der Waals surface area (Å²) < 4.78 is 0. The average Bonchev–Trinajstić information content (AvgIpc) is 2.82. The fraction of sp³-hybridized carbons (Fsp3) is 0.269. The summed E-state index contributed by atoms with van der Waals surface area (Å²) in [7, 11) is 0. The van der Waals surface area contributed by atoms with E-state index in [1.807, 2.05) is 72.8 Å². The van der Waals surface area contributed by atoms with Gasteiger partial charge in [0.2, 0.25) is 11.8 Å². The first kappa shape index (κ1) is 24.9.